The molecule has 0 amide bonds. The van der Waals surface area contributed by atoms with Crippen molar-refractivity contribution in [1.29, 1.82) is 0 Å². The SMILES string of the molecule is CC/C=C\C(C)(CC)c1ccc(N(c2ccc(-c3ccccc3)cc2)c2ccc(-c3ccc4c(c3)C(C)(C)c3cc(-c5ccc(N(c6ccc(-c7ccccc7)cc6)c6ccc(-c7ccccc7)cc6)cc5)ccc3-4)cc2)cc1. The fourth-order valence-electron chi connectivity index (χ4n) is 11.7. The van der Waals surface area contributed by atoms with Gasteiger partial charge in [0.1, 0.15) is 0 Å². The lowest BCUT2D eigenvalue weighted by molar-refractivity contribution is 0.571. The molecule has 12 rings (SSSR count). The molecule has 11 aromatic carbocycles. The quantitative estimate of drug-likeness (QED) is 0.0945. The standard InChI is InChI=1S/C77H66N2/c1-6-8-52-77(5,7-2)65-36-48-71(49-37-65)79(68-42-28-60(29-43-68)57-22-16-11-17-23-57)70-46-32-62(33-47-70)64-35-51-73-72-50-34-63(53-74(72)76(3,4)75(73)54-64)61-30-44-69(45-31-61)78(66-38-24-58(25-39-66)55-18-12-9-13-19-55)67-40-26-59(27-41-67)56-20-14-10-15-21-56/h8-54H,6-7H2,1-5H3/b52-8-. The molecule has 0 aliphatic heterocycles. The lowest BCUT2D eigenvalue weighted by Crippen LogP contribution is -2.18. The van der Waals surface area contributed by atoms with E-state index in [1.807, 2.05) is 0 Å². The summed E-state index contributed by atoms with van der Waals surface area (Å²) in [6, 6.07) is 100. The van der Waals surface area contributed by atoms with Gasteiger partial charge >= 0.3 is 0 Å². The van der Waals surface area contributed by atoms with Crippen molar-refractivity contribution in [1.82, 2.24) is 0 Å². The maximum absolute atomic E-state index is 2.43. The molecule has 0 saturated carbocycles. The number of hydrogen-bond donors (Lipinski definition) is 0. The van der Waals surface area contributed by atoms with E-state index in [0.717, 1.165) is 47.0 Å². The van der Waals surface area contributed by atoms with Crippen molar-refractivity contribution < 1.29 is 0 Å². The van der Waals surface area contributed by atoms with Crippen LogP contribution in [-0.2, 0) is 10.8 Å². The number of rotatable bonds is 15. The number of nitrogens with zero attached hydrogens (tertiary/aromatic N) is 2. The summed E-state index contributed by atoms with van der Waals surface area (Å²) in [4.78, 5) is 4.74. The zero-order chi connectivity index (χ0) is 53.9. The maximum atomic E-state index is 2.43. The van der Waals surface area contributed by atoms with Gasteiger partial charge in [0, 0.05) is 45.0 Å². The van der Waals surface area contributed by atoms with Crippen molar-refractivity contribution in [2.45, 2.75) is 58.3 Å². The third-order valence-electron chi connectivity index (χ3n) is 16.5. The first-order chi connectivity index (χ1) is 38.7. The highest BCUT2D eigenvalue weighted by molar-refractivity contribution is 5.88. The predicted octanol–water partition coefficient (Wildman–Crippen LogP) is 21.9. The minimum Gasteiger partial charge on any atom is -0.311 e. The molecule has 0 bridgehead atoms. The summed E-state index contributed by atoms with van der Waals surface area (Å²) >= 11 is 0. The molecule has 0 radical (unpaired) electrons. The van der Waals surface area contributed by atoms with Crippen LogP contribution in [0.15, 0.2) is 285 Å². The Morgan fingerprint density at radius 2 is 0.595 bits per heavy atom. The van der Waals surface area contributed by atoms with Gasteiger partial charge in [-0.25, -0.2) is 0 Å². The molecule has 0 saturated heterocycles. The zero-order valence-corrected chi connectivity index (χ0v) is 45.9. The molecule has 0 fully saturated rings. The van der Waals surface area contributed by atoms with E-state index in [2.05, 4.69) is 330 Å². The van der Waals surface area contributed by atoms with Crippen LogP contribution in [-0.4, -0.2) is 0 Å². The topological polar surface area (TPSA) is 6.48 Å². The molecule has 384 valence electrons. The normalized spacial score (nSPS) is 13.1. The average molecular weight is 1020 g/mol. The van der Waals surface area contributed by atoms with Gasteiger partial charge in [-0.3, -0.25) is 0 Å². The van der Waals surface area contributed by atoms with E-state index >= 15 is 0 Å². The van der Waals surface area contributed by atoms with Crippen LogP contribution in [0.4, 0.5) is 34.1 Å². The summed E-state index contributed by atoms with van der Waals surface area (Å²) in [5.74, 6) is 0. The summed E-state index contributed by atoms with van der Waals surface area (Å²) in [6.07, 6.45) is 6.75. The molecule has 79 heavy (non-hydrogen) atoms. The minimum absolute atomic E-state index is 0.0156. The fraction of sp³-hybridized carbons (Fsp3) is 0.117. The maximum Gasteiger partial charge on any atom is 0.0462 e. The molecule has 0 heterocycles. The van der Waals surface area contributed by atoms with Crippen LogP contribution in [0.2, 0.25) is 0 Å². The fourth-order valence-corrected chi connectivity index (χ4v) is 11.7. The number of allylic oxidation sites excluding steroid dienone is 2. The van der Waals surface area contributed by atoms with Gasteiger partial charge in [-0.15, -0.1) is 0 Å². The second-order valence-electron chi connectivity index (χ2n) is 21.8. The molecule has 2 nitrogen and oxygen atoms in total. The summed E-state index contributed by atoms with van der Waals surface area (Å²) < 4.78 is 0. The minimum atomic E-state index is -0.194. The van der Waals surface area contributed by atoms with Crippen molar-refractivity contribution in [3.8, 4) is 66.8 Å². The lowest BCUT2D eigenvalue weighted by Gasteiger charge is -2.29. The van der Waals surface area contributed by atoms with Crippen LogP contribution in [0.3, 0.4) is 0 Å². The van der Waals surface area contributed by atoms with Crippen molar-refractivity contribution in [3.05, 3.63) is 302 Å². The Balaban J connectivity index is 0.820. The molecule has 11 aromatic rings. The van der Waals surface area contributed by atoms with E-state index in [9.17, 15) is 0 Å². The average Bonchev–Trinajstić information content (AvgIpc) is 4.04. The Morgan fingerprint density at radius 1 is 0.329 bits per heavy atom. The van der Waals surface area contributed by atoms with Crippen molar-refractivity contribution in [3.63, 3.8) is 0 Å². The van der Waals surface area contributed by atoms with Crippen molar-refractivity contribution in [2.24, 2.45) is 0 Å². The summed E-state index contributed by atoms with van der Waals surface area (Å²) in [5.41, 5.74) is 25.2. The van der Waals surface area contributed by atoms with Crippen LogP contribution in [0.5, 0.6) is 0 Å². The van der Waals surface area contributed by atoms with E-state index in [1.165, 1.54) is 83.5 Å². The van der Waals surface area contributed by atoms with Gasteiger partial charge in [-0.2, -0.15) is 0 Å². The molecular formula is C77H66N2. The third-order valence-corrected chi connectivity index (χ3v) is 16.5. The smallest absolute Gasteiger partial charge is 0.0462 e. The van der Waals surface area contributed by atoms with E-state index in [4.69, 9.17) is 0 Å². The first kappa shape index (κ1) is 50.6. The van der Waals surface area contributed by atoms with E-state index < -0.39 is 0 Å². The van der Waals surface area contributed by atoms with Gasteiger partial charge in [0.2, 0.25) is 0 Å². The van der Waals surface area contributed by atoms with Crippen LogP contribution in [0.1, 0.15) is 64.2 Å². The molecule has 1 unspecified atom stereocenters. The molecule has 1 aliphatic carbocycles. The Labute approximate surface area is 468 Å². The Morgan fingerprint density at radius 3 is 0.886 bits per heavy atom. The molecular weight excluding hydrogens is 953 g/mol. The summed E-state index contributed by atoms with van der Waals surface area (Å²) in [5, 5.41) is 0. The molecule has 2 heteroatoms. The van der Waals surface area contributed by atoms with Gasteiger partial charge in [-0.1, -0.05) is 235 Å². The van der Waals surface area contributed by atoms with Gasteiger partial charge in [-0.05, 0) is 181 Å². The lowest BCUT2D eigenvalue weighted by atomic mass is 9.79. The third kappa shape index (κ3) is 10.0. The number of hydrogen-bond acceptors (Lipinski definition) is 2. The molecule has 1 aliphatic rings. The van der Waals surface area contributed by atoms with Gasteiger partial charge in [0.05, 0.1) is 0 Å². The van der Waals surface area contributed by atoms with Gasteiger partial charge in [0.15, 0.2) is 0 Å². The molecule has 0 N–H and O–H groups in total. The highest BCUT2D eigenvalue weighted by Crippen LogP contribution is 2.51. The zero-order valence-electron chi connectivity index (χ0n) is 45.9. The van der Waals surface area contributed by atoms with Crippen LogP contribution in [0, 0.1) is 0 Å². The van der Waals surface area contributed by atoms with E-state index in [1.54, 1.807) is 0 Å². The summed E-state index contributed by atoms with van der Waals surface area (Å²) in [6.45, 7) is 11.6. The number of benzene rings is 11. The summed E-state index contributed by atoms with van der Waals surface area (Å²) in [7, 11) is 0. The van der Waals surface area contributed by atoms with Crippen molar-refractivity contribution in [2.75, 3.05) is 9.80 Å². The predicted molar refractivity (Wildman–Crippen MR) is 338 cm³/mol. The molecule has 0 aromatic heterocycles. The van der Waals surface area contributed by atoms with Gasteiger partial charge < -0.3 is 9.80 Å². The van der Waals surface area contributed by atoms with Crippen LogP contribution < -0.4 is 9.80 Å². The second kappa shape index (κ2) is 21.6. The van der Waals surface area contributed by atoms with E-state index in [-0.39, 0.29) is 10.8 Å². The number of anilines is 6. The van der Waals surface area contributed by atoms with E-state index in [0.29, 0.717) is 0 Å². The highest BCUT2D eigenvalue weighted by atomic mass is 15.1. The Bertz CT molecular complexity index is 3800. The largest absolute Gasteiger partial charge is 0.311 e. The molecule has 0 spiro atoms. The highest BCUT2D eigenvalue weighted by Gasteiger charge is 2.36. The second-order valence-corrected chi connectivity index (χ2v) is 21.8. The van der Waals surface area contributed by atoms with Crippen LogP contribution >= 0.6 is 0 Å². The first-order valence-electron chi connectivity index (χ1n) is 28.0. The molecule has 1 atom stereocenters. The van der Waals surface area contributed by atoms with Crippen molar-refractivity contribution >= 4 is 34.1 Å². The van der Waals surface area contributed by atoms with Gasteiger partial charge in [0.25, 0.3) is 0 Å². The first-order valence-corrected chi connectivity index (χ1v) is 28.0. The monoisotopic (exact) mass is 1020 g/mol. The number of fused-ring (bicyclic) bond motifs is 3. The Hall–Kier alpha value is -9.24. The van der Waals surface area contributed by atoms with Crippen LogP contribution in [0.25, 0.3) is 66.8 Å². The Kier molecular flexibility index (Phi) is 13.9.